The molecule has 1 fully saturated rings. The molecule has 3 unspecified atom stereocenters. The van der Waals surface area contributed by atoms with Gasteiger partial charge in [0, 0.05) is 28.8 Å². The fourth-order valence-corrected chi connectivity index (χ4v) is 3.91. The first-order valence-corrected chi connectivity index (χ1v) is 7.88. The second kappa shape index (κ2) is 6.34. The molecule has 18 heavy (non-hydrogen) atoms. The van der Waals surface area contributed by atoms with Gasteiger partial charge in [-0.25, -0.2) is 0 Å². The maximum absolute atomic E-state index is 12.1. The van der Waals surface area contributed by atoms with E-state index in [1.54, 1.807) is 0 Å². The highest BCUT2D eigenvalue weighted by molar-refractivity contribution is 7.85. The molecule has 100 valence electrons. The molecule has 1 aromatic carbocycles. The van der Waals surface area contributed by atoms with E-state index in [2.05, 4.69) is 0 Å². The predicted molar refractivity (Wildman–Crippen MR) is 76.0 cm³/mol. The van der Waals surface area contributed by atoms with E-state index in [4.69, 9.17) is 10.5 Å². The zero-order valence-electron chi connectivity index (χ0n) is 10.8. The Hall–Kier alpha value is -0.870. The van der Waals surface area contributed by atoms with Crippen molar-refractivity contribution in [1.82, 2.24) is 0 Å². The van der Waals surface area contributed by atoms with Crippen molar-refractivity contribution in [2.24, 2.45) is 0 Å². The summed E-state index contributed by atoms with van der Waals surface area (Å²) in [7, 11) is -0.753. The van der Waals surface area contributed by atoms with E-state index in [1.165, 1.54) is 5.56 Å². The van der Waals surface area contributed by atoms with Crippen molar-refractivity contribution in [3.8, 4) is 0 Å². The average molecular weight is 267 g/mol. The second-order valence-electron chi connectivity index (χ2n) is 4.83. The fourth-order valence-electron chi connectivity index (χ4n) is 2.31. The molecule has 4 heteroatoms. The molecule has 0 spiro atoms. The van der Waals surface area contributed by atoms with Crippen LogP contribution < -0.4 is 5.73 Å². The van der Waals surface area contributed by atoms with E-state index in [9.17, 15) is 4.21 Å². The van der Waals surface area contributed by atoms with Gasteiger partial charge in [-0.15, -0.1) is 0 Å². The first kappa shape index (κ1) is 13.6. The number of benzene rings is 1. The summed E-state index contributed by atoms with van der Waals surface area (Å²) in [5, 5.41) is 0.233. The maximum Gasteiger partial charge on any atom is 0.0691 e. The Morgan fingerprint density at radius 2 is 2.11 bits per heavy atom. The van der Waals surface area contributed by atoms with Crippen LogP contribution >= 0.6 is 0 Å². The van der Waals surface area contributed by atoms with Gasteiger partial charge >= 0.3 is 0 Å². The van der Waals surface area contributed by atoms with Gasteiger partial charge in [0.1, 0.15) is 0 Å². The first-order chi connectivity index (χ1) is 8.66. The van der Waals surface area contributed by atoms with Gasteiger partial charge in [0.2, 0.25) is 0 Å². The minimum absolute atomic E-state index is 0.155. The van der Waals surface area contributed by atoms with Gasteiger partial charge in [-0.3, -0.25) is 4.21 Å². The maximum atomic E-state index is 12.1. The summed E-state index contributed by atoms with van der Waals surface area (Å²) < 4.78 is 17.6. The van der Waals surface area contributed by atoms with Crippen molar-refractivity contribution < 1.29 is 8.95 Å². The number of ether oxygens (including phenoxy) is 1. The van der Waals surface area contributed by atoms with Crippen LogP contribution in [0.15, 0.2) is 24.3 Å². The summed E-state index contributed by atoms with van der Waals surface area (Å²) in [5.41, 5.74) is 7.69. The lowest BCUT2D eigenvalue weighted by molar-refractivity contribution is 0.127. The van der Waals surface area contributed by atoms with Crippen LogP contribution in [0.3, 0.4) is 0 Å². The van der Waals surface area contributed by atoms with Crippen LogP contribution in [0, 0.1) is 0 Å². The SMILES string of the molecule is CC1OCCC1S(=O)CCCc1ccc(N)cc1. The summed E-state index contributed by atoms with van der Waals surface area (Å²) in [6, 6.07) is 7.91. The van der Waals surface area contributed by atoms with Gasteiger partial charge in [0.15, 0.2) is 0 Å². The summed E-state index contributed by atoms with van der Waals surface area (Å²) >= 11 is 0. The molecule has 2 N–H and O–H groups in total. The lowest BCUT2D eigenvalue weighted by Gasteiger charge is -2.13. The summed E-state index contributed by atoms with van der Waals surface area (Å²) in [4.78, 5) is 0. The number of aryl methyl sites for hydroxylation is 1. The Labute approximate surface area is 111 Å². The zero-order chi connectivity index (χ0) is 13.0. The Bertz CT molecular complexity index is 405. The minimum atomic E-state index is -0.753. The first-order valence-electron chi connectivity index (χ1n) is 6.50. The smallest absolute Gasteiger partial charge is 0.0691 e. The van der Waals surface area contributed by atoms with Crippen LogP contribution in [0.1, 0.15) is 25.3 Å². The van der Waals surface area contributed by atoms with E-state index < -0.39 is 10.8 Å². The van der Waals surface area contributed by atoms with E-state index in [0.717, 1.165) is 37.3 Å². The van der Waals surface area contributed by atoms with Crippen LogP contribution in [0.2, 0.25) is 0 Å². The van der Waals surface area contributed by atoms with Crippen molar-refractivity contribution in [3.05, 3.63) is 29.8 Å². The third kappa shape index (κ3) is 3.56. The van der Waals surface area contributed by atoms with Crippen molar-refractivity contribution in [2.75, 3.05) is 18.1 Å². The van der Waals surface area contributed by atoms with Crippen LogP contribution in [-0.2, 0) is 22.0 Å². The van der Waals surface area contributed by atoms with Crippen molar-refractivity contribution >= 4 is 16.5 Å². The molecule has 1 heterocycles. The van der Waals surface area contributed by atoms with Crippen molar-refractivity contribution in [1.29, 1.82) is 0 Å². The Kier molecular flexibility index (Phi) is 4.78. The highest BCUT2D eigenvalue weighted by Crippen LogP contribution is 2.19. The lowest BCUT2D eigenvalue weighted by atomic mass is 10.1. The van der Waals surface area contributed by atoms with E-state index in [-0.39, 0.29) is 11.4 Å². The second-order valence-corrected chi connectivity index (χ2v) is 6.61. The van der Waals surface area contributed by atoms with Gasteiger partial charge in [-0.05, 0) is 43.9 Å². The topological polar surface area (TPSA) is 52.3 Å². The molecule has 0 amide bonds. The number of hydrogen-bond donors (Lipinski definition) is 1. The molecule has 0 aromatic heterocycles. The van der Waals surface area contributed by atoms with E-state index in [0.29, 0.717) is 0 Å². The number of nitrogens with two attached hydrogens (primary N) is 1. The molecular weight excluding hydrogens is 246 g/mol. The number of hydrogen-bond acceptors (Lipinski definition) is 3. The van der Waals surface area contributed by atoms with E-state index in [1.807, 2.05) is 31.2 Å². The van der Waals surface area contributed by atoms with Gasteiger partial charge in [0.25, 0.3) is 0 Å². The largest absolute Gasteiger partial charge is 0.399 e. The molecule has 0 bridgehead atoms. The Morgan fingerprint density at radius 3 is 2.72 bits per heavy atom. The number of nitrogen functional groups attached to an aromatic ring is 1. The molecule has 3 atom stereocenters. The van der Waals surface area contributed by atoms with Crippen molar-refractivity contribution in [3.63, 3.8) is 0 Å². The van der Waals surface area contributed by atoms with Gasteiger partial charge in [0.05, 0.1) is 11.4 Å². The molecule has 0 radical (unpaired) electrons. The molecule has 3 nitrogen and oxygen atoms in total. The average Bonchev–Trinajstić information content (AvgIpc) is 2.78. The van der Waals surface area contributed by atoms with Gasteiger partial charge in [-0.1, -0.05) is 12.1 Å². The molecule has 0 aliphatic carbocycles. The van der Waals surface area contributed by atoms with Gasteiger partial charge < -0.3 is 10.5 Å². The van der Waals surface area contributed by atoms with E-state index >= 15 is 0 Å². The molecule has 1 aromatic rings. The monoisotopic (exact) mass is 267 g/mol. The molecule has 2 rings (SSSR count). The molecule has 1 aliphatic heterocycles. The minimum Gasteiger partial charge on any atom is -0.399 e. The van der Waals surface area contributed by atoms with Crippen LogP contribution in [0.5, 0.6) is 0 Å². The van der Waals surface area contributed by atoms with Crippen molar-refractivity contribution in [2.45, 2.75) is 37.5 Å². The molecule has 1 saturated heterocycles. The van der Waals surface area contributed by atoms with Crippen LogP contribution in [0.4, 0.5) is 5.69 Å². The quantitative estimate of drug-likeness (QED) is 0.831. The summed E-state index contributed by atoms with van der Waals surface area (Å²) in [6.07, 6.45) is 3.02. The predicted octanol–water partition coefficient (Wildman–Crippen LogP) is 2.13. The molecular formula is C14H21NO2S. The third-order valence-corrected chi connectivity index (χ3v) is 5.42. The number of anilines is 1. The third-order valence-electron chi connectivity index (χ3n) is 3.44. The normalized spacial score (nSPS) is 25.2. The fraction of sp³-hybridized carbons (Fsp3) is 0.571. The Balaban J connectivity index is 1.75. The highest BCUT2D eigenvalue weighted by Gasteiger charge is 2.28. The standard InChI is InChI=1S/C14H21NO2S/c1-11-14(8-9-17-11)18(16)10-2-3-12-4-6-13(15)7-5-12/h4-7,11,14H,2-3,8-10,15H2,1H3. The summed E-state index contributed by atoms with van der Waals surface area (Å²) in [6.45, 7) is 2.78. The summed E-state index contributed by atoms with van der Waals surface area (Å²) in [5.74, 6) is 0.767. The van der Waals surface area contributed by atoms with Gasteiger partial charge in [-0.2, -0.15) is 0 Å². The molecule has 0 saturated carbocycles. The zero-order valence-corrected chi connectivity index (χ0v) is 11.6. The highest BCUT2D eigenvalue weighted by atomic mass is 32.2. The Morgan fingerprint density at radius 1 is 1.39 bits per heavy atom. The van der Waals surface area contributed by atoms with Crippen LogP contribution in [-0.4, -0.2) is 27.9 Å². The molecule has 1 aliphatic rings. The number of rotatable bonds is 5. The lowest BCUT2D eigenvalue weighted by Crippen LogP contribution is -2.25. The van der Waals surface area contributed by atoms with Crippen LogP contribution in [0.25, 0.3) is 0 Å².